The maximum Gasteiger partial charge on any atom is 0.416 e. The summed E-state index contributed by atoms with van der Waals surface area (Å²) in [7, 11) is 0. The van der Waals surface area contributed by atoms with E-state index in [1.165, 1.54) is 30.5 Å². The number of rotatable bonds is 5. The standard InChI is InChI=1S/C21H22F3N3O3/c22-21(23,24)15-7-5-8-16(13-15)26-19-17(9-6-10-25-19)20(29)30-14-18(28)27-11-3-1-2-4-12-27/h5-10,13H,1-4,11-12,14H2,(H,25,26). The molecule has 1 aliphatic rings. The second kappa shape index (κ2) is 9.60. The van der Waals surface area contributed by atoms with Crippen LogP contribution >= 0.6 is 0 Å². The van der Waals surface area contributed by atoms with Crippen molar-refractivity contribution in [2.45, 2.75) is 31.9 Å². The molecular weight excluding hydrogens is 399 g/mol. The van der Waals surface area contributed by atoms with Crippen LogP contribution in [0.1, 0.15) is 41.6 Å². The van der Waals surface area contributed by atoms with Gasteiger partial charge in [-0.25, -0.2) is 9.78 Å². The number of ether oxygens (including phenoxy) is 1. The number of halogens is 3. The lowest BCUT2D eigenvalue weighted by Gasteiger charge is -2.20. The minimum Gasteiger partial charge on any atom is -0.452 e. The Hall–Kier alpha value is -3.10. The van der Waals surface area contributed by atoms with Crippen molar-refractivity contribution in [1.82, 2.24) is 9.88 Å². The number of benzene rings is 1. The Labute approximate surface area is 172 Å². The Morgan fingerprint density at radius 1 is 1.07 bits per heavy atom. The summed E-state index contributed by atoms with van der Waals surface area (Å²) in [6, 6.07) is 7.50. The Morgan fingerprint density at radius 3 is 2.50 bits per heavy atom. The predicted octanol–water partition coefficient (Wildman–Crippen LogP) is 4.40. The third-order valence-corrected chi connectivity index (χ3v) is 4.77. The first-order valence-corrected chi connectivity index (χ1v) is 9.69. The quantitative estimate of drug-likeness (QED) is 0.725. The molecule has 0 unspecified atom stereocenters. The highest BCUT2D eigenvalue weighted by atomic mass is 19.4. The average molecular weight is 421 g/mol. The smallest absolute Gasteiger partial charge is 0.416 e. The van der Waals surface area contributed by atoms with E-state index in [-0.39, 0.29) is 23.0 Å². The molecule has 1 N–H and O–H groups in total. The molecule has 0 bridgehead atoms. The third-order valence-electron chi connectivity index (χ3n) is 4.77. The summed E-state index contributed by atoms with van der Waals surface area (Å²) in [5.41, 5.74) is -0.674. The van der Waals surface area contributed by atoms with Crippen LogP contribution in [0.3, 0.4) is 0 Å². The van der Waals surface area contributed by atoms with Crippen LogP contribution < -0.4 is 5.32 Å². The van der Waals surface area contributed by atoms with Crippen LogP contribution in [0.25, 0.3) is 0 Å². The van der Waals surface area contributed by atoms with Gasteiger partial charge in [-0.05, 0) is 43.2 Å². The van der Waals surface area contributed by atoms with E-state index in [4.69, 9.17) is 4.74 Å². The molecule has 2 heterocycles. The van der Waals surface area contributed by atoms with Gasteiger partial charge in [-0.2, -0.15) is 13.2 Å². The molecule has 0 saturated carbocycles. The largest absolute Gasteiger partial charge is 0.452 e. The van der Waals surface area contributed by atoms with Gasteiger partial charge in [0, 0.05) is 25.0 Å². The van der Waals surface area contributed by atoms with E-state index in [0.717, 1.165) is 37.8 Å². The second-order valence-electron chi connectivity index (χ2n) is 6.97. The van der Waals surface area contributed by atoms with Gasteiger partial charge in [-0.3, -0.25) is 4.79 Å². The van der Waals surface area contributed by atoms with Crippen molar-refractivity contribution in [2.24, 2.45) is 0 Å². The number of nitrogens with zero attached hydrogens (tertiary/aromatic N) is 2. The summed E-state index contributed by atoms with van der Waals surface area (Å²) in [6.45, 7) is 0.897. The van der Waals surface area contributed by atoms with E-state index in [1.807, 2.05) is 0 Å². The number of likely N-dealkylation sites (tertiary alicyclic amines) is 1. The maximum absolute atomic E-state index is 12.9. The summed E-state index contributed by atoms with van der Waals surface area (Å²) >= 11 is 0. The number of carbonyl (C=O) groups excluding carboxylic acids is 2. The van der Waals surface area contributed by atoms with Crippen LogP contribution in [0.4, 0.5) is 24.7 Å². The van der Waals surface area contributed by atoms with Gasteiger partial charge in [-0.1, -0.05) is 18.9 Å². The third kappa shape index (κ3) is 5.71. The van der Waals surface area contributed by atoms with Crippen molar-refractivity contribution in [3.05, 3.63) is 53.7 Å². The summed E-state index contributed by atoms with van der Waals surface area (Å²) in [4.78, 5) is 30.5. The molecule has 1 aromatic heterocycles. The summed E-state index contributed by atoms with van der Waals surface area (Å²) < 4.78 is 43.9. The minimum absolute atomic E-state index is 0.0265. The fraction of sp³-hybridized carbons (Fsp3) is 0.381. The molecule has 1 aromatic carbocycles. The first-order valence-electron chi connectivity index (χ1n) is 9.69. The monoisotopic (exact) mass is 421 g/mol. The van der Waals surface area contributed by atoms with Crippen LogP contribution in [0.15, 0.2) is 42.6 Å². The van der Waals surface area contributed by atoms with Gasteiger partial charge in [0.25, 0.3) is 5.91 Å². The van der Waals surface area contributed by atoms with Gasteiger partial charge < -0.3 is 15.0 Å². The van der Waals surface area contributed by atoms with Crippen LogP contribution in [0.5, 0.6) is 0 Å². The number of hydrogen-bond acceptors (Lipinski definition) is 5. The van der Waals surface area contributed by atoms with Crippen molar-refractivity contribution in [1.29, 1.82) is 0 Å². The molecule has 9 heteroatoms. The Morgan fingerprint density at radius 2 is 1.80 bits per heavy atom. The average Bonchev–Trinajstić information content (AvgIpc) is 3.01. The highest BCUT2D eigenvalue weighted by molar-refractivity contribution is 5.96. The molecule has 2 aromatic rings. The number of amides is 1. The summed E-state index contributed by atoms with van der Waals surface area (Å²) in [5.74, 6) is -0.994. The van der Waals surface area contributed by atoms with Crippen LogP contribution in [-0.4, -0.2) is 41.5 Å². The Kier molecular flexibility index (Phi) is 6.91. The molecule has 0 aliphatic carbocycles. The molecule has 1 aliphatic heterocycles. The van der Waals surface area contributed by atoms with Gasteiger partial charge in [0.1, 0.15) is 11.4 Å². The lowest BCUT2D eigenvalue weighted by molar-refractivity contribution is -0.137. The van der Waals surface area contributed by atoms with E-state index < -0.39 is 24.3 Å². The Bertz CT molecular complexity index is 894. The summed E-state index contributed by atoms with van der Waals surface area (Å²) in [5, 5.41) is 2.72. The van der Waals surface area contributed by atoms with E-state index >= 15 is 0 Å². The van der Waals surface area contributed by atoms with Crippen molar-refractivity contribution >= 4 is 23.4 Å². The topological polar surface area (TPSA) is 71.5 Å². The molecule has 1 amide bonds. The molecule has 1 fully saturated rings. The van der Waals surface area contributed by atoms with E-state index in [2.05, 4.69) is 10.3 Å². The normalized spacial score (nSPS) is 14.7. The predicted molar refractivity (Wildman–Crippen MR) is 104 cm³/mol. The van der Waals surface area contributed by atoms with E-state index in [9.17, 15) is 22.8 Å². The van der Waals surface area contributed by atoms with Gasteiger partial charge >= 0.3 is 12.1 Å². The fourth-order valence-electron chi connectivity index (χ4n) is 3.20. The number of esters is 1. The SMILES string of the molecule is O=C(OCC(=O)N1CCCCCC1)c1cccnc1Nc1cccc(C(F)(F)F)c1. The van der Waals surface area contributed by atoms with E-state index in [1.54, 1.807) is 4.90 Å². The maximum atomic E-state index is 12.9. The molecule has 6 nitrogen and oxygen atoms in total. The number of nitrogens with one attached hydrogen (secondary N) is 1. The first-order chi connectivity index (χ1) is 14.3. The number of anilines is 2. The van der Waals surface area contributed by atoms with Crippen molar-refractivity contribution in [3.63, 3.8) is 0 Å². The lowest BCUT2D eigenvalue weighted by atomic mass is 10.2. The highest BCUT2D eigenvalue weighted by Gasteiger charge is 2.30. The zero-order chi connectivity index (χ0) is 21.6. The molecule has 0 radical (unpaired) electrons. The van der Waals surface area contributed by atoms with Crippen LogP contribution in [-0.2, 0) is 15.7 Å². The first kappa shape index (κ1) is 21.6. The number of alkyl halides is 3. The van der Waals surface area contributed by atoms with E-state index in [0.29, 0.717) is 13.1 Å². The Balaban J connectivity index is 1.67. The molecule has 160 valence electrons. The number of pyridine rings is 1. The van der Waals surface area contributed by atoms with Crippen LogP contribution in [0.2, 0.25) is 0 Å². The number of carbonyl (C=O) groups is 2. The fourth-order valence-corrected chi connectivity index (χ4v) is 3.20. The zero-order valence-electron chi connectivity index (χ0n) is 16.2. The molecule has 30 heavy (non-hydrogen) atoms. The van der Waals surface area contributed by atoms with Crippen molar-refractivity contribution < 1.29 is 27.5 Å². The van der Waals surface area contributed by atoms with Gasteiger partial charge in [-0.15, -0.1) is 0 Å². The highest BCUT2D eigenvalue weighted by Crippen LogP contribution is 2.31. The van der Waals surface area contributed by atoms with Crippen LogP contribution in [0, 0.1) is 0 Å². The number of hydrogen-bond donors (Lipinski definition) is 1. The van der Waals surface area contributed by atoms with Crippen molar-refractivity contribution in [3.8, 4) is 0 Å². The zero-order valence-corrected chi connectivity index (χ0v) is 16.2. The lowest BCUT2D eigenvalue weighted by Crippen LogP contribution is -2.35. The van der Waals surface area contributed by atoms with Crippen molar-refractivity contribution in [2.75, 3.05) is 25.0 Å². The molecule has 0 spiro atoms. The van der Waals surface area contributed by atoms with Gasteiger partial charge in [0.05, 0.1) is 5.56 Å². The molecule has 1 saturated heterocycles. The second-order valence-corrected chi connectivity index (χ2v) is 6.97. The molecule has 0 atom stereocenters. The number of aromatic nitrogens is 1. The van der Waals surface area contributed by atoms with Gasteiger partial charge in [0.2, 0.25) is 0 Å². The summed E-state index contributed by atoms with van der Waals surface area (Å²) in [6.07, 6.45) is 0.903. The van der Waals surface area contributed by atoms with Gasteiger partial charge in [0.15, 0.2) is 6.61 Å². The molecule has 3 rings (SSSR count). The molecular formula is C21H22F3N3O3. The minimum atomic E-state index is -4.49.